The summed E-state index contributed by atoms with van der Waals surface area (Å²) in [6.07, 6.45) is 4.96. The summed E-state index contributed by atoms with van der Waals surface area (Å²) in [4.78, 5) is 29.1. The van der Waals surface area contributed by atoms with Gasteiger partial charge in [-0.3, -0.25) is 4.85 Å². The van der Waals surface area contributed by atoms with Crippen LogP contribution < -0.4 is 10.2 Å². The summed E-state index contributed by atoms with van der Waals surface area (Å²) in [5.74, 6) is -1.72. The number of aliphatic imine (C=N–C) groups is 1. The second-order valence-corrected chi connectivity index (χ2v) is 20.4. The Morgan fingerprint density at radius 2 is 1.47 bits per heavy atom. The number of halogens is 2. The zero-order chi connectivity index (χ0) is 44.6. The van der Waals surface area contributed by atoms with Crippen LogP contribution in [0.1, 0.15) is 38.8 Å². The first-order valence-corrected chi connectivity index (χ1v) is 22.4. The summed E-state index contributed by atoms with van der Waals surface area (Å²) in [5, 5.41) is 5.04. The van der Waals surface area contributed by atoms with Gasteiger partial charge >= 0.3 is 180 Å². The number of hydrogen-bond donors (Lipinski definition) is 1. The summed E-state index contributed by atoms with van der Waals surface area (Å²) >= 11 is 10.5. The first-order valence-electron chi connectivity index (χ1n) is 16.3. The van der Waals surface area contributed by atoms with Crippen LogP contribution >= 0.6 is 24.4 Å². The maximum Gasteiger partial charge on any atom is 0.193 e. The van der Waals surface area contributed by atoms with E-state index in [1.165, 1.54) is 73.6 Å². The topological polar surface area (TPSA) is 129 Å². The second kappa shape index (κ2) is 19.6. The fraction of sp³-hybridized carbons (Fsp3) is 0.256. The van der Waals surface area contributed by atoms with Gasteiger partial charge in [0.1, 0.15) is 11.5 Å². The summed E-state index contributed by atoms with van der Waals surface area (Å²) in [6.45, 7) is 36.6. The minimum atomic E-state index is -3.35. The molecule has 0 radical (unpaired) electrons. The van der Waals surface area contributed by atoms with E-state index in [1.807, 2.05) is 0 Å². The number of thiocarbonyl (C=S) groups is 2. The number of hydrogen-bond acceptors (Lipinski definition) is 9. The molecule has 0 atom stereocenters. The maximum absolute atomic E-state index is 14.9. The van der Waals surface area contributed by atoms with Gasteiger partial charge in [-0.15, -0.1) is 0 Å². The van der Waals surface area contributed by atoms with Crippen LogP contribution in [0.5, 0.6) is 0 Å². The predicted octanol–water partition coefficient (Wildman–Crippen LogP) is 8.57. The van der Waals surface area contributed by atoms with Crippen LogP contribution in [-0.2, 0) is 43.8 Å². The van der Waals surface area contributed by atoms with Crippen LogP contribution in [0.15, 0.2) is 76.3 Å². The van der Waals surface area contributed by atoms with Crippen molar-refractivity contribution in [2.45, 2.75) is 57.6 Å². The molecule has 3 aromatic rings. The number of carbonyl (C=O) groups is 1. The van der Waals surface area contributed by atoms with Crippen molar-refractivity contribution in [3.63, 3.8) is 0 Å². The minimum absolute atomic E-state index is 0.0413. The van der Waals surface area contributed by atoms with E-state index in [-0.39, 0.29) is 41.6 Å². The number of benzene rings is 3. The average molecular weight is 1030 g/mol. The fourth-order valence-corrected chi connectivity index (χ4v) is 6.63. The molecule has 1 amide bonds. The zero-order valence-corrected chi connectivity index (χ0v) is 38.6. The molecule has 3 aromatic carbocycles. The van der Waals surface area contributed by atoms with Crippen molar-refractivity contribution < 1.29 is 49.8 Å². The Balaban J connectivity index is 0.000000335. The second-order valence-electron chi connectivity index (χ2n) is 13.3. The number of allylic oxidation sites excluding steroid dienone is 1. The van der Waals surface area contributed by atoms with Gasteiger partial charge in [-0.25, -0.2) is 24.2 Å². The molecule has 0 aliphatic carbocycles. The quantitative estimate of drug-likeness (QED) is 0.0971. The third-order valence-electron chi connectivity index (χ3n) is 8.02. The van der Waals surface area contributed by atoms with E-state index in [0.717, 1.165) is 36.2 Å². The van der Waals surface area contributed by atoms with Crippen LogP contribution in [0.3, 0.4) is 0 Å². The van der Waals surface area contributed by atoms with Crippen LogP contribution in [0.2, 0.25) is 0 Å². The van der Waals surface area contributed by atoms with Gasteiger partial charge in [0.15, 0.2) is 15.5 Å². The van der Waals surface area contributed by atoms with Crippen molar-refractivity contribution in [2.75, 3.05) is 22.7 Å². The van der Waals surface area contributed by atoms with Gasteiger partial charge in [0.05, 0.1) is 23.2 Å². The maximum atomic E-state index is 14.9. The Hall–Kier alpha value is -5.11. The number of sulfone groups is 2. The van der Waals surface area contributed by atoms with Crippen molar-refractivity contribution >= 4 is 92.0 Å². The third-order valence-corrected chi connectivity index (χ3v) is 14.2. The molecular formula is C39H36F2N7O5S4W-. The summed E-state index contributed by atoms with van der Waals surface area (Å²) in [7, 11) is -6.51. The molecule has 12 nitrogen and oxygen atoms in total. The smallest absolute Gasteiger partial charge is 0.193 e. The number of anilines is 2. The van der Waals surface area contributed by atoms with Gasteiger partial charge in [-0.1, -0.05) is 6.07 Å². The molecule has 1 aliphatic rings. The number of nitrogens with zero attached hydrogens (tertiary/aromatic N) is 6. The van der Waals surface area contributed by atoms with Crippen LogP contribution in [0, 0.1) is 51.8 Å². The number of rotatable bonds is 9. The Bertz CT molecular complexity index is 2620. The molecular weight excluding hydrogens is 997 g/mol. The molecule has 19 heteroatoms. The SMILES string of the molecule is [C-]#[N+]C(C)(C)Nc1ccc(S(C)(=O)=O)cc1.[C-]#[N+]c1ccc(N2C(=O)C(C)(C)N(C(=[CH-])C=C[C](=[W])S(C)(=O)=O)C2=S)c(F)c1C.[C-]#[N+]c1ccc(N=C=S)c(F)c1C. The Kier molecular flexibility index (Phi) is 16.5. The van der Waals surface area contributed by atoms with Crippen molar-refractivity contribution in [1.82, 2.24) is 4.90 Å². The van der Waals surface area contributed by atoms with Crippen molar-refractivity contribution in [1.29, 1.82) is 0 Å². The van der Waals surface area contributed by atoms with Crippen molar-refractivity contribution in [3.05, 3.63) is 130 Å². The number of isothiocyanates is 1. The van der Waals surface area contributed by atoms with Crippen LogP contribution in [-0.4, -0.2) is 64.9 Å². The monoisotopic (exact) mass is 1030 g/mol. The van der Waals surface area contributed by atoms with Crippen LogP contribution in [0.4, 0.5) is 37.2 Å². The van der Waals surface area contributed by atoms with Crippen LogP contribution in [0.25, 0.3) is 14.5 Å². The largest absolute Gasteiger partial charge is 0.238 e. The molecule has 1 saturated heterocycles. The Morgan fingerprint density at radius 1 is 0.948 bits per heavy atom. The summed E-state index contributed by atoms with van der Waals surface area (Å²) in [5.41, 5.74) is -0.238. The number of carbonyl (C=O) groups excluding carboxylic acids is 1. The Labute approximate surface area is 359 Å². The molecule has 1 fully saturated rings. The summed E-state index contributed by atoms with van der Waals surface area (Å²) in [6, 6.07) is 12.0. The van der Waals surface area contributed by atoms with Gasteiger partial charge in [0.2, 0.25) is 0 Å². The Morgan fingerprint density at radius 3 is 1.93 bits per heavy atom. The minimum Gasteiger partial charge on any atom is -0.238 e. The standard InChI is InChI=1S/C19H17FN3O3S2.C11H14N2O2S.C9H5FN2S.W/c1-12(8-7-11-28(6,25)26)23-18(27)22(17(24)19(23,3)4)15-10-9-14(21-5)13(2)16(15)20;1-11(2,12-3)13-9-5-7-10(8-6-9)16(4,14)15;1-6-7(11-2)3-4-8(9(6)10)12-5-13;/h1,7-10H,2-4,6H3;5-8,13H,1-2,4H3;3-4H,1H3;/q-1;;;. The molecule has 0 spiro atoms. The van der Waals surface area contributed by atoms with E-state index < -0.39 is 48.4 Å². The van der Waals surface area contributed by atoms with Gasteiger partial charge in [-0.05, 0) is 55.0 Å². The third kappa shape index (κ3) is 12.0. The van der Waals surface area contributed by atoms with Gasteiger partial charge in [-0.2, -0.15) is 4.99 Å². The molecule has 4 rings (SSSR count). The van der Waals surface area contributed by atoms with Gasteiger partial charge < -0.3 is 5.32 Å². The number of amides is 1. The molecule has 1 aliphatic heterocycles. The van der Waals surface area contributed by atoms with E-state index in [2.05, 4.69) is 42.2 Å². The summed E-state index contributed by atoms with van der Waals surface area (Å²) < 4.78 is 74.0. The van der Waals surface area contributed by atoms with Gasteiger partial charge in [0, 0.05) is 25.8 Å². The normalized spacial score (nSPS) is 13.4. The molecule has 0 bridgehead atoms. The first kappa shape index (κ1) is 49.0. The first-order chi connectivity index (χ1) is 26.7. The molecule has 58 heavy (non-hydrogen) atoms. The van der Waals surface area contributed by atoms with E-state index in [1.54, 1.807) is 39.8 Å². The molecule has 0 saturated carbocycles. The average Bonchev–Trinajstić information content (AvgIpc) is 3.32. The van der Waals surface area contributed by atoms with E-state index in [4.69, 9.17) is 38.5 Å². The molecule has 0 aromatic heterocycles. The van der Waals surface area contributed by atoms with E-state index in [9.17, 15) is 30.4 Å². The number of nitrogens with one attached hydrogen (secondary N) is 1. The van der Waals surface area contributed by atoms with E-state index in [0.29, 0.717) is 11.3 Å². The van der Waals surface area contributed by atoms with Crippen molar-refractivity contribution in [3.8, 4) is 0 Å². The molecule has 302 valence electrons. The molecule has 1 heterocycles. The van der Waals surface area contributed by atoms with Crippen molar-refractivity contribution in [2.24, 2.45) is 4.99 Å². The predicted molar refractivity (Wildman–Crippen MR) is 226 cm³/mol. The fourth-order valence-electron chi connectivity index (χ4n) is 4.83. The molecule has 0 unspecified atom stereocenters. The molecule has 1 N–H and O–H groups in total. The van der Waals surface area contributed by atoms with Gasteiger partial charge in [0.25, 0.3) is 5.66 Å². The zero-order valence-electron chi connectivity index (χ0n) is 32.4. The van der Waals surface area contributed by atoms with E-state index >= 15 is 0 Å².